The Morgan fingerprint density at radius 1 is 1.09 bits per heavy atom. The third-order valence-corrected chi connectivity index (χ3v) is 6.28. The molecule has 7 heteroatoms. The topological polar surface area (TPSA) is 55.0 Å². The van der Waals surface area contributed by atoms with Crippen LogP contribution in [0, 0.1) is 0 Å². The van der Waals surface area contributed by atoms with Crippen LogP contribution in [0.15, 0.2) is 67.0 Å². The molecular formula is C25H27N5O2. The van der Waals surface area contributed by atoms with Gasteiger partial charge in [-0.2, -0.15) is 5.10 Å². The predicted molar refractivity (Wildman–Crippen MR) is 125 cm³/mol. The fraction of sp³-hybridized carbons (Fsp3) is 0.280. The van der Waals surface area contributed by atoms with Crippen molar-refractivity contribution in [2.24, 2.45) is 0 Å². The normalized spacial score (nSPS) is 16.2. The van der Waals surface area contributed by atoms with Crippen molar-refractivity contribution < 1.29 is 9.53 Å². The average Bonchev–Trinajstić information content (AvgIpc) is 3.57. The Balaban J connectivity index is 1.49. The van der Waals surface area contributed by atoms with E-state index in [0.717, 1.165) is 53.4 Å². The Morgan fingerprint density at radius 3 is 2.62 bits per heavy atom. The van der Waals surface area contributed by atoms with E-state index in [1.807, 2.05) is 81.0 Å². The number of nitrogens with zero attached hydrogens (tertiary/aromatic N) is 5. The number of carbonyl (C=O) groups is 1. The minimum Gasteiger partial charge on any atom is -0.497 e. The number of fused-ring (bicyclic) bond motifs is 1. The summed E-state index contributed by atoms with van der Waals surface area (Å²) in [5.41, 5.74) is 4.29. The fourth-order valence-electron chi connectivity index (χ4n) is 4.38. The van der Waals surface area contributed by atoms with Gasteiger partial charge in [0.05, 0.1) is 29.6 Å². The van der Waals surface area contributed by atoms with E-state index >= 15 is 0 Å². The van der Waals surface area contributed by atoms with E-state index in [9.17, 15) is 4.79 Å². The van der Waals surface area contributed by atoms with Crippen LogP contribution in [0.3, 0.4) is 0 Å². The summed E-state index contributed by atoms with van der Waals surface area (Å²) in [4.78, 5) is 17.6. The van der Waals surface area contributed by atoms with Gasteiger partial charge in [-0.15, -0.1) is 0 Å². The van der Waals surface area contributed by atoms with E-state index in [4.69, 9.17) is 9.84 Å². The lowest BCUT2D eigenvalue weighted by Gasteiger charge is -2.20. The van der Waals surface area contributed by atoms with Crippen molar-refractivity contribution in [2.45, 2.75) is 12.5 Å². The Morgan fingerprint density at radius 2 is 1.91 bits per heavy atom. The monoisotopic (exact) mass is 429 g/mol. The quantitative estimate of drug-likeness (QED) is 0.487. The summed E-state index contributed by atoms with van der Waals surface area (Å²) < 4.78 is 9.13. The molecule has 0 radical (unpaired) electrons. The van der Waals surface area contributed by atoms with Gasteiger partial charge in [-0.1, -0.05) is 6.07 Å². The molecule has 32 heavy (non-hydrogen) atoms. The van der Waals surface area contributed by atoms with Crippen LogP contribution in [-0.4, -0.2) is 70.2 Å². The standard InChI is InChI=1S/C25H27N5O2/c1-27(2)19-11-14-28(17-19)25(31)21-16-24(29-13-5-4-6-23(21)29)22-12-15-30(26-22)18-7-9-20(32-3)10-8-18/h4-10,12-13,15-16,19H,11,14,17H2,1-3H3/t19-/m0/s1. The Kier molecular flexibility index (Phi) is 5.19. The minimum atomic E-state index is 0.0823. The number of amides is 1. The molecule has 0 unspecified atom stereocenters. The zero-order valence-electron chi connectivity index (χ0n) is 18.6. The molecule has 4 heterocycles. The lowest BCUT2D eigenvalue weighted by Crippen LogP contribution is -2.34. The second-order valence-corrected chi connectivity index (χ2v) is 8.40. The highest BCUT2D eigenvalue weighted by molar-refractivity contribution is 6.03. The third-order valence-electron chi connectivity index (χ3n) is 6.28. The Labute approximate surface area is 187 Å². The zero-order valence-corrected chi connectivity index (χ0v) is 18.6. The number of rotatable bonds is 5. The highest BCUT2D eigenvalue weighted by Gasteiger charge is 2.30. The number of aromatic nitrogens is 3. The Bertz CT molecular complexity index is 1260. The van der Waals surface area contributed by atoms with Crippen molar-refractivity contribution >= 4 is 11.4 Å². The zero-order chi connectivity index (χ0) is 22.2. The first-order valence-corrected chi connectivity index (χ1v) is 10.8. The summed E-state index contributed by atoms with van der Waals surface area (Å²) in [6.07, 6.45) is 4.92. The average molecular weight is 430 g/mol. The summed E-state index contributed by atoms with van der Waals surface area (Å²) in [5.74, 6) is 0.888. The van der Waals surface area contributed by atoms with Crippen LogP contribution >= 0.6 is 0 Å². The first-order valence-electron chi connectivity index (χ1n) is 10.8. The number of methoxy groups -OCH3 is 1. The maximum atomic E-state index is 13.4. The summed E-state index contributed by atoms with van der Waals surface area (Å²) >= 11 is 0. The van der Waals surface area contributed by atoms with Crippen LogP contribution in [0.25, 0.3) is 22.6 Å². The van der Waals surface area contributed by atoms with Crippen LogP contribution in [0.4, 0.5) is 0 Å². The van der Waals surface area contributed by atoms with Crippen molar-refractivity contribution in [3.8, 4) is 22.8 Å². The molecular weight excluding hydrogens is 402 g/mol. The lowest BCUT2D eigenvalue weighted by molar-refractivity contribution is 0.0785. The summed E-state index contributed by atoms with van der Waals surface area (Å²) in [6.45, 7) is 1.55. The van der Waals surface area contributed by atoms with E-state index in [-0.39, 0.29) is 5.91 Å². The molecule has 164 valence electrons. The number of carbonyl (C=O) groups excluding carboxylic acids is 1. The summed E-state index contributed by atoms with van der Waals surface area (Å²) in [6, 6.07) is 18.1. The van der Waals surface area contributed by atoms with E-state index in [1.165, 1.54) is 0 Å². The first-order chi connectivity index (χ1) is 15.5. The molecule has 1 aliphatic heterocycles. The molecule has 0 saturated carbocycles. The van der Waals surface area contributed by atoms with Crippen LogP contribution in [0.2, 0.25) is 0 Å². The molecule has 4 aromatic rings. The second kappa shape index (κ2) is 8.16. The predicted octanol–water partition coefficient (Wildman–Crippen LogP) is 3.58. The molecule has 1 aliphatic rings. The molecule has 1 aromatic carbocycles. The van der Waals surface area contributed by atoms with E-state index in [2.05, 4.69) is 19.0 Å². The van der Waals surface area contributed by atoms with Gasteiger partial charge in [0.25, 0.3) is 5.91 Å². The number of hydrogen-bond donors (Lipinski definition) is 0. The fourth-order valence-corrected chi connectivity index (χ4v) is 4.38. The molecule has 3 aromatic heterocycles. The van der Waals surface area contributed by atoms with Crippen molar-refractivity contribution in [1.82, 2.24) is 24.0 Å². The van der Waals surface area contributed by atoms with E-state index < -0.39 is 0 Å². The maximum Gasteiger partial charge on any atom is 0.256 e. The van der Waals surface area contributed by atoms with Crippen LogP contribution in [0.1, 0.15) is 16.8 Å². The number of likely N-dealkylation sites (tertiary alicyclic amines) is 1. The van der Waals surface area contributed by atoms with E-state index in [0.29, 0.717) is 6.04 Å². The number of pyridine rings is 1. The molecule has 0 spiro atoms. The number of hydrogen-bond acceptors (Lipinski definition) is 4. The van der Waals surface area contributed by atoms with Gasteiger partial charge in [0.15, 0.2) is 0 Å². The molecule has 1 atom stereocenters. The summed E-state index contributed by atoms with van der Waals surface area (Å²) in [7, 11) is 5.80. The Hall–Kier alpha value is -3.58. The highest BCUT2D eigenvalue weighted by atomic mass is 16.5. The highest BCUT2D eigenvalue weighted by Crippen LogP contribution is 2.28. The third kappa shape index (κ3) is 3.54. The number of benzene rings is 1. The number of ether oxygens (including phenoxy) is 1. The lowest BCUT2D eigenvalue weighted by atomic mass is 10.2. The molecule has 0 aliphatic carbocycles. The van der Waals surface area contributed by atoms with Gasteiger partial charge in [-0.25, -0.2) is 4.68 Å². The maximum absolute atomic E-state index is 13.4. The van der Waals surface area contributed by atoms with Gasteiger partial charge in [-0.3, -0.25) is 4.79 Å². The van der Waals surface area contributed by atoms with Crippen molar-refractivity contribution in [3.63, 3.8) is 0 Å². The first kappa shape index (κ1) is 20.3. The van der Waals surface area contributed by atoms with Crippen molar-refractivity contribution in [1.29, 1.82) is 0 Å². The van der Waals surface area contributed by atoms with Gasteiger partial charge in [0.1, 0.15) is 11.4 Å². The minimum absolute atomic E-state index is 0.0823. The van der Waals surface area contributed by atoms with Gasteiger partial charge in [-0.05, 0) is 69.0 Å². The van der Waals surface area contributed by atoms with Crippen molar-refractivity contribution in [2.75, 3.05) is 34.3 Å². The van der Waals surface area contributed by atoms with E-state index in [1.54, 1.807) is 7.11 Å². The second-order valence-electron chi connectivity index (χ2n) is 8.40. The van der Waals surface area contributed by atoms with Crippen molar-refractivity contribution in [3.05, 3.63) is 72.6 Å². The molecule has 7 nitrogen and oxygen atoms in total. The van der Waals surface area contributed by atoms with Gasteiger partial charge < -0.3 is 18.9 Å². The number of likely N-dealkylation sites (N-methyl/N-ethyl adjacent to an activating group) is 1. The molecule has 0 bridgehead atoms. The molecule has 1 amide bonds. The van der Waals surface area contributed by atoms with Gasteiger partial charge >= 0.3 is 0 Å². The van der Waals surface area contributed by atoms with Crippen LogP contribution in [0.5, 0.6) is 5.75 Å². The molecule has 0 N–H and O–H groups in total. The molecule has 1 fully saturated rings. The largest absolute Gasteiger partial charge is 0.497 e. The smallest absolute Gasteiger partial charge is 0.256 e. The van der Waals surface area contributed by atoms with Gasteiger partial charge in [0.2, 0.25) is 0 Å². The SMILES string of the molecule is COc1ccc(-n2ccc(-c3cc(C(=O)N4CC[C@H](N(C)C)C4)c4ccccn34)n2)cc1. The molecule has 5 rings (SSSR count). The van der Waals surface area contributed by atoms with Crippen LogP contribution < -0.4 is 4.74 Å². The van der Waals surface area contributed by atoms with Gasteiger partial charge in [0, 0.05) is 31.5 Å². The van der Waals surface area contributed by atoms with Crippen LogP contribution in [-0.2, 0) is 0 Å². The summed E-state index contributed by atoms with van der Waals surface area (Å²) in [5, 5.41) is 4.79. The molecule has 1 saturated heterocycles.